The van der Waals surface area contributed by atoms with Crippen LogP contribution in [0, 0.1) is 34.5 Å². The molecule has 0 aromatic carbocycles. The standard InChI is InChI=1S/C41H71N5O7S/c1-11-13-20-29(32(47)35(49)42-23-12-2)43-34(48)31-30-28(39(30,8)9)24-46(31)36(50)33(40(10)21-15-14-16-22-40)44-37(51)45-41(25-54(52,53)38(5,6)7)26(3)18-17-19-27(41)4/h12,26-33,47H,2,11,13-25H2,1,3-10H3,(H,42,49)(H,43,48)(H2,44,45,51)/t26-,27+,28-,29?,30-,31-,32?,33+,41?/m0/s1. The molecule has 13 heteroatoms. The van der Waals surface area contributed by atoms with Gasteiger partial charge in [-0.2, -0.15) is 0 Å². The molecule has 5 N–H and O–H groups in total. The first-order valence-electron chi connectivity index (χ1n) is 20.6. The number of carbonyl (C=O) groups is 4. The molecule has 12 nitrogen and oxygen atoms in total. The van der Waals surface area contributed by atoms with E-state index in [1.54, 1.807) is 25.7 Å². The van der Waals surface area contributed by atoms with Crippen LogP contribution in [0.2, 0.25) is 0 Å². The zero-order chi connectivity index (χ0) is 40.4. The molecular formula is C41H71N5O7S. The van der Waals surface area contributed by atoms with E-state index in [1.807, 2.05) is 27.7 Å². The Hall–Kier alpha value is -2.67. The van der Waals surface area contributed by atoms with E-state index >= 15 is 4.79 Å². The van der Waals surface area contributed by atoms with Gasteiger partial charge in [0.25, 0.3) is 5.91 Å². The van der Waals surface area contributed by atoms with Crippen LogP contribution in [-0.2, 0) is 24.2 Å². The van der Waals surface area contributed by atoms with Crippen molar-refractivity contribution in [3.8, 4) is 0 Å². The van der Waals surface area contributed by atoms with Crippen LogP contribution >= 0.6 is 0 Å². The first kappa shape index (κ1) is 44.0. The van der Waals surface area contributed by atoms with E-state index in [0.717, 1.165) is 44.9 Å². The van der Waals surface area contributed by atoms with E-state index in [4.69, 9.17) is 0 Å². The van der Waals surface area contributed by atoms with Crippen LogP contribution in [0.15, 0.2) is 12.7 Å². The summed E-state index contributed by atoms with van der Waals surface area (Å²) in [6, 6.07) is -3.21. The summed E-state index contributed by atoms with van der Waals surface area (Å²) in [5.74, 6) is -1.80. The molecule has 5 amide bonds. The molecule has 0 bridgehead atoms. The van der Waals surface area contributed by atoms with Gasteiger partial charge >= 0.3 is 6.03 Å². The van der Waals surface area contributed by atoms with Gasteiger partial charge in [-0.3, -0.25) is 14.4 Å². The molecule has 3 aliphatic carbocycles. The van der Waals surface area contributed by atoms with Crippen molar-refractivity contribution < 1.29 is 32.7 Å². The van der Waals surface area contributed by atoms with Gasteiger partial charge in [-0.15, -0.1) is 6.58 Å². The quantitative estimate of drug-likeness (QED) is 0.148. The normalized spacial score (nSPS) is 30.6. The fourth-order valence-electron chi connectivity index (χ4n) is 9.83. The van der Waals surface area contributed by atoms with Gasteiger partial charge < -0.3 is 31.3 Å². The summed E-state index contributed by atoms with van der Waals surface area (Å²) in [5.41, 5.74) is -1.80. The van der Waals surface area contributed by atoms with Crippen LogP contribution in [-0.4, -0.2) is 95.5 Å². The summed E-state index contributed by atoms with van der Waals surface area (Å²) in [6.07, 6.45) is 8.65. The molecule has 4 aliphatic rings. The number of aliphatic hydroxyl groups is 1. The number of nitrogens with one attached hydrogen (secondary N) is 4. The number of aliphatic hydroxyl groups excluding tert-OH is 1. The van der Waals surface area contributed by atoms with Crippen molar-refractivity contribution in [1.82, 2.24) is 26.2 Å². The molecule has 9 atom stereocenters. The molecule has 0 aromatic heterocycles. The second-order valence-corrected chi connectivity index (χ2v) is 21.8. The minimum Gasteiger partial charge on any atom is -0.381 e. The van der Waals surface area contributed by atoms with Crippen molar-refractivity contribution in [2.75, 3.05) is 18.8 Å². The molecule has 54 heavy (non-hydrogen) atoms. The predicted octanol–water partition coefficient (Wildman–Crippen LogP) is 4.85. The number of urea groups is 1. The molecular weight excluding hydrogens is 707 g/mol. The summed E-state index contributed by atoms with van der Waals surface area (Å²) in [4.78, 5) is 58.2. The van der Waals surface area contributed by atoms with Crippen molar-refractivity contribution in [3.63, 3.8) is 0 Å². The van der Waals surface area contributed by atoms with Gasteiger partial charge in [0.15, 0.2) is 15.9 Å². The molecule has 0 spiro atoms. The Morgan fingerprint density at radius 2 is 1.59 bits per heavy atom. The Bertz CT molecular complexity index is 1490. The number of unbranched alkanes of at least 4 members (excludes halogenated alkanes) is 1. The SMILES string of the molecule is C=CCNC(=O)C(O)C(CCCC)NC(=O)[C@@H]1[C@@H]2[C@H](CN1C(=O)[C@@H](NC(=O)NC1(CS(=O)(=O)C(C)(C)C)[C@H](C)CCC[C@@H]1C)C1(C)CCCCC1)C2(C)C. The van der Waals surface area contributed by atoms with Crippen LogP contribution in [0.5, 0.6) is 0 Å². The van der Waals surface area contributed by atoms with E-state index in [-0.39, 0.29) is 47.3 Å². The van der Waals surface area contributed by atoms with Crippen molar-refractivity contribution in [2.45, 2.75) is 167 Å². The number of hydrogen-bond acceptors (Lipinski definition) is 7. The minimum absolute atomic E-state index is 0.0792. The molecule has 3 saturated carbocycles. The lowest BCUT2D eigenvalue weighted by molar-refractivity contribution is -0.145. The lowest BCUT2D eigenvalue weighted by Crippen LogP contribution is -2.68. The van der Waals surface area contributed by atoms with E-state index < -0.39 is 67.6 Å². The molecule has 4 fully saturated rings. The van der Waals surface area contributed by atoms with Gasteiger partial charge in [-0.1, -0.05) is 86.1 Å². The summed E-state index contributed by atoms with van der Waals surface area (Å²) in [5, 5.41) is 22.9. The molecule has 3 unspecified atom stereocenters. The molecule has 0 aromatic rings. The summed E-state index contributed by atoms with van der Waals surface area (Å²) < 4.78 is 26.5. The first-order valence-corrected chi connectivity index (χ1v) is 22.2. The zero-order valence-electron chi connectivity index (χ0n) is 34.6. The van der Waals surface area contributed by atoms with Crippen molar-refractivity contribution >= 4 is 33.6 Å². The third-order valence-corrected chi connectivity index (χ3v) is 16.7. The van der Waals surface area contributed by atoms with Crippen molar-refractivity contribution in [2.24, 2.45) is 34.5 Å². The monoisotopic (exact) mass is 778 g/mol. The van der Waals surface area contributed by atoms with Gasteiger partial charge in [0.1, 0.15) is 12.1 Å². The number of amides is 5. The fourth-order valence-corrected chi connectivity index (χ4v) is 11.5. The lowest BCUT2D eigenvalue weighted by Gasteiger charge is -2.49. The Morgan fingerprint density at radius 3 is 2.15 bits per heavy atom. The second kappa shape index (κ2) is 16.8. The third kappa shape index (κ3) is 8.97. The number of nitrogens with zero attached hydrogens (tertiary/aromatic N) is 1. The van der Waals surface area contributed by atoms with Crippen molar-refractivity contribution in [1.29, 1.82) is 0 Å². The van der Waals surface area contributed by atoms with Crippen molar-refractivity contribution in [3.05, 3.63) is 12.7 Å². The van der Waals surface area contributed by atoms with E-state index in [2.05, 4.69) is 41.7 Å². The largest absolute Gasteiger partial charge is 0.381 e. The number of fused-ring (bicyclic) bond motifs is 1. The third-order valence-electron chi connectivity index (χ3n) is 14.0. The van der Waals surface area contributed by atoms with Gasteiger partial charge in [-0.05, 0) is 87.4 Å². The van der Waals surface area contributed by atoms with Gasteiger partial charge in [0.2, 0.25) is 11.8 Å². The van der Waals surface area contributed by atoms with Crippen LogP contribution in [0.1, 0.15) is 133 Å². The maximum absolute atomic E-state index is 15.0. The highest BCUT2D eigenvalue weighted by Crippen LogP contribution is 2.65. The highest BCUT2D eigenvalue weighted by Gasteiger charge is 2.70. The van der Waals surface area contributed by atoms with E-state index in [0.29, 0.717) is 32.2 Å². The molecule has 308 valence electrons. The smallest absolute Gasteiger partial charge is 0.315 e. The van der Waals surface area contributed by atoms with E-state index in [9.17, 15) is 27.9 Å². The van der Waals surface area contributed by atoms with Crippen LogP contribution in [0.4, 0.5) is 4.79 Å². The molecule has 0 radical (unpaired) electrons. The van der Waals surface area contributed by atoms with Crippen LogP contribution in [0.25, 0.3) is 0 Å². The number of likely N-dealkylation sites (tertiary alicyclic amines) is 1. The van der Waals surface area contributed by atoms with Crippen LogP contribution in [0.3, 0.4) is 0 Å². The Kier molecular flexibility index (Phi) is 13.7. The van der Waals surface area contributed by atoms with Crippen LogP contribution < -0.4 is 21.3 Å². The summed E-state index contributed by atoms with van der Waals surface area (Å²) in [7, 11) is -3.63. The lowest BCUT2D eigenvalue weighted by atomic mass is 9.68. The number of carbonyl (C=O) groups excluding carboxylic acids is 4. The Morgan fingerprint density at radius 1 is 0.981 bits per heavy atom. The highest BCUT2D eigenvalue weighted by atomic mass is 32.2. The number of sulfone groups is 1. The van der Waals surface area contributed by atoms with Gasteiger partial charge in [0, 0.05) is 13.1 Å². The number of rotatable bonds is 15. The second-order valence-electron chi connectivity index (χ2n) is 19.0. The van der Waals surface area contributed by atoms with Gasteiger partial charge in [0.05, 0.1) is 22.1 Å². The maximum atomic E-state index is 15.0. The number of piperidine rings is 1. The molecule has 1 saturated heterocycles. The zero-order valence-corrected chi connectivity index (χ0v) is 35.4. The summed E-state index contributed by atoms with van der Waals surface area (Å²) >= 11 is 0. The topological polar surface area (TPSA) is 174 Å². The summed E-state index contributed by atoms with van der Waals surface area (Å²) in [6.45, 7) is 21.4. The number of hydrogen-bond donors (Lipinski definition) is 5. The average molecular weight is 778 g/mol. The molecule has 4 rings (SSSR count). The van der Waals surface area contributed by atoms with Gasteiger partial charge in [-0.25, -0.2) is 13.2 Å². The molecule has 1 heterocycles. The Labute approximate surface area is 325 Å². The van der Waals surface area contributed by atoms with E-state index in [1.165, 1.54) is 6.08 Å². The first-order chi connectivity index (χ1) is 25.1. The predicted molar refractivity (Wildman–Crippen MR) is 212 cm³/mol. The Balaban J connectivity index is 1.66. The average Bonchev–Trinajstić information content (AvgIpc) is 3.39. The highest BCUT2D eigenvalue weighted by molar-refractivity contribution is 7.92. The minimum atomic E-state index is -3.63. The maximum Gasteiger partial charge on any atom is 0.315 e. The molecule has 1 aliphatic heterocycles. The fraction of sp³-hybridized carbons (Fsp3) is 0.854.